The molecule has 15 heavy (non-hydrogen) atoms. The molecule has 4 heteroatoms. The van der Waals surface area contributed by atoms with Crippen LogP contribution in [0.15, 0.2) is 24.4 Å². The Hall–Kier alpha value is -1.42. The van der Waals surface area contributed by atoms with E-state index < -0.39 is 0 Å². The number of nitrogens with zero attached hydrogens (tertiary/aromatic N) is 3. The molecule has 1 atom stereocenters. The standard InChI is InChI=1S/C11H16N4/c1-8(2)12-9(3)11-14-13-10-6-4-5-7-15(10)11/h4-9,12H,1-3H3/t9-/m0/s1. The van der Waals surface area contributed by atoms with Gasteiger partial charge in [0.1, 0.15) is 0 Å². The molecule has 0 fully saturated rings. The second-order valence-electron chi connectivity index (χ2n) is 4.03. The van der Waals surface area contributed by atoms with Crippen molar-refractivity contribution < 1.29 is 0 Å². The van der Waals surface area contributed by atoms with E-state index in [2.05, 4.69) is 36.3 Å². The normalized spacial score (nSPS) is 13.6. The summed E-state index contributed by atoms with van der Waals surface area (Å²) in [5.74, 6) is 0.958. The van der Waals surface area contributed by atoms with Gasteiger partial charge in [-0.05, 0) is 19.1 Å². The average molecular weight is 204 g/mol. The number of pyridine rings is 1. The minimum Gasteiger partial charge on any atom is -0.305 e. The van der Waals surface area contributed by atoms with Crippen LogP contribution in [0.2, 0.25) is 0 Å². The van der Waals surface area contributed by atoms with Gasteiger partial charge in [0.25, 0.3) is 0 Å². The highest BCUT2D eigenvalue weighted by Gasteiger charge is 2.13. The predicted molar refractivity (Wildman–Crippen MR) is 59.7 cm³/mol. The summed E-state index contributed by atoms with van der Waals surface area (Å²) in [6.07, 6.45) is 1.99. The van der Waals surface area contributed by atoms with Crippen LogP contribution >= 0.6 is 0 Å². The van der Waals surface area contributed by atoms with E-state index in [9.17, 15) is 0 Å². The van der Waals surface area contributed by atoms with E-state index in [4.69, 9.17) is 0 Å². The van der Waals surface area contributed by atoms with E-state index >= 15 is 0 Å². The third-order valence-electron chi connectivity index (χ3n) is 2.31. The van der Waals surface area contributed by atoms with Crippen molar-refractivity contribution in [3.8, 4) is 0 Å². The molecule has 0 aliphatic heterocycles. The van der Waals surface area contributed by atoms with Gasteiger partial charge in [-0.15, -0.1) is 10.2 Å². The third kappa shape index (κ3) is 1.99. The van der Waals surface area contributed by atoms with Gasteiger partial charge in [0.05, 0.1) is 6.04 Å². The zero-order valence-corrected chi connectivity index (χ0v) is 9.31. The van der Waals surface area contributed by atoms with Crippen molar-refractivity contribution >= 4 is 5.65 Å². The lowest BCUT2D eigenvalue weighted by Crippen LogP contribution is -2.27. The fraction of sp³-hybridized carbons (Fsp3) is 0.455. The summed E-state index contributed by atoms with van der Waals surface area (Å²) in [5, 5.41) is 11.7. The molecule has 2 rings (SSSR count). The predicted octanol–water partition coefficient (Wildman–Crippen LogP) is 1.79. The SMILES string of the molecule is CC(C)N[C@@H](C)c1nnc2ccccn12. The molecule has 0 spiro atoms. The first-order valence-electron chi connectivity index (χ1n) is 5.24. The highest BCUT2D eigenvalue weighted by Crippen LogP contribution is 2.11. The molecule has 0 saturated carbocycles. The van der Waals surface area contributed by atoms with Gasteiger partial charge in [-0.25, -0.2) is 0 Å². The van der Waals surface area contributed by atoms with E-state index in [1.807, 2.05) is 28.8 Å². The Balaban J connectivity index is 2.35. The number of nitrogens with one attached hydrogen (secondary N) is 1. The topological polar surface area (TPSA) is 42.2 Å². The maximum absolute atomic E-state index is 4.20. The van der Waals surface area contributed by atoms with Gasteiger partial charge in [-0.2, -0.15) is 0 Å². The molecular weight excluding hydrogens is 188 g/mol. The zero-order valence-electron chi connectivity index (χ0n) is 9.31. The van der Waals surface area contributed by atoms with Gasteiger partial charge in [0.2, 0.25) is 0 Å². The van der Waals surface area contributed by atoms with Gasteiger partial charge in [0, 0.05) is 12.2 Å². The molecular formula is C11H16N4. The first-order valence-corrected chi connectivity index (χ1v) is 5.24. The van der Waals surface area contributed by atoms with Gasteiger partial charge in [-0.3, -0.25) is 4.40 Å². The molecule has 0 saturated heterocycles. The van der Waals surface area contributed by atoms with Crippen LogP contribution < -0.4 is 5.32 Å². The van der Waals surface area contributed by atoms with Gasteiger partial charge >= 0.3 is 0 Å². The average Bonchev–Trinajstić information content (AvgIpc) is 2.59. The third-order valence-corrected chi connectivity index (χ3v) is 2.31. The Labute approximate surface area is 89.3 Å². The van der Waals surface area contributed by atoms with Crippen LogP contribution in [0.4, 0.5) is 0 Å². The van der Waals surface area contributed by atoms with Crippen LogP contribution in [-0.2, 0) is 0 Å². The van der Waals surface area contributed by atoms with Crippen molar-refractivity contribution in [1.29, 1.82) is 0 Å². The Kier molecular flexibility index (Phi) is 2.68. The van der Waals surface area contributed by atoms with E-state index in [-0.39, 0.29) is 6.04 Å². The lowest BCUT2D eigenvalue weighted by molar-refractivity contribution is 0.484. The number of hydrogen-bond acceptors (Lipinski definition) is 3. The van der Waals surface area contributed by atoms with Crippen LogP contribution in [-0.4, -0.2) is 20.6 Å². The fourth-order valence-corrected chi connectivity index (χ4v) is 1.73. The second-order valence-corrected chi connectivity index (χ2v) is 4.03. The Bertz CT molecular complexity index is 447. The molecule has 0 unspecified atom stereocenters. The maximum atomic E-state index is 4.20. The molecule has 4 nitrogen and oxygen atoms in total. The van der Waals surface area contributed by atoms with Crippen LogP contribution in [0.25, 0.3) is 5.65 Å². The van der Waals surface area contributed by atoms with E-state index in [0.29, 0.717) is 6.04 Å². The lowest BCUT2D eigenvalue weighted by atomic mass is 10.2. The van der Waals surface area contributed by atoms with Crippen molar-refractivity contribution in [2.24, 2.45) is 0 Å². The zero-order chi connectivity index (χ0) is 10.8. The van der Waals surface area contributed by atoms with Crippen molar-refractivity contribution in [2.45, 2.75) is 32.9 Å². The van der Waals surface area contributed by atoms with Gasteiger partial charge in [0.15, 0.2) is 11.5 Å². The number of fused-ring (bicyclic) bond motifs is 1. The van der Waals surface area contributed by atoms with Crippen molar-refractivity contribution in [3.05, 3.63) is 30.2 Å². The molecule has 0 aromatic carbocycles. The first-order chi connectivity index (χ1) is 7.18. The molecule has 2 aromatic heterocycles. The Morgan fingerprint density at radius 3 is 2.73 bits per heavy atom. The lowest BCUT2D eigenvalue weighted by Gasteiger charge is -2.14. The Morgan fingerprint density at radius 2 is 2.00 bits per heavy atom. The molecule has 2 heterocycles. The molecule has 0 aliphatic rings. The minimum absolute atomic E-state index is 0.211. The van der Waals surface area contributed by atoms with Crippen molar-refractivity contribution in [3.63, 3.8) is 0 Å². The van der Waals surface area contributed by atoms with Gasteiger partial charge < -0.3 is 5.32 Å². The first kappa shape index (κ1) is 10.1. The molecule has 1 N–H and O–H groups in total. The van der Waals surface area contributed by atoms with E-state index in [1.165, 1.54) is 0 Å². The van der Waals surface area contributed by atoms with Crippen LogP contribution in [0.1, 0.15) is 32.6 Å². The summed E-state index contributed by atoms with van der Waals surface area (Å²) in [7, 11) is 0. The summed E-state index contributed by atoms with van der Waals surface area (Å²) in [5.41, 5.74) is 0.893. The van der Waals surface area contributed by atoms with Gasteiger partial charge in [-0.1, -0.05) is 19.9 Å². The van der Waals surface area contributed by atoms with Crippen LogP contribution in [0.3, 0.4) is 0 Å². The molecule has 0 bridgehead atoms. The summed E-state index contributed by atoms with van der Waals surface area (Å²) in [6, 6.07) is 6.56. The number of rotatable bonds is 3. The van der Waals surface area contributed by atoms with Crippen molar-refractivity contribution in [2.75, 3.05) is 0 Å². The highest BCUT2D eigenvalue weighted by molar-refractivity contribution is 5.37. The van der Waals surface area contributed by atoms with E-state index in [0.717, 1.165) is 11.5 Å². The Morgan fingerprint density at radius 1 is 1.20 bits per heavy atom. The summed E-state index contributed by atoms with van der Waals surface area (Å²) in [4.78, 5) is 0. The number of aromatic nitrogens is 3. The summed E-state index contributed by atoms with van der Waals surface area (Å²) < 4.78 is 2.01. The smallest absolute Gasteiger partial charge is 0.160 e. The van der Waals surface area contributed by atoms with E-state index in [1.54, 1.807) is 0 Å². The molecule has 0 radical (unpaired) electrons. The minimum atomic E-state index is 0.211. The molecule has 0 amide bonds. The second kappa shape index (κ2) is 3.98. The monoisotopic (exact) mass is 204 g/mol. The van der Waals surface area contributed by atoms with Crippen LogP contribution in [0, 0.1) is 0 Å². The largest absolute Gasteiger partial charge is 0.305 e. The number of hydrogen-bond donors (Lipinski definition) is 1. The molecule has 2 aromatic rings. The summed E-state index contributed by atoms with van der Waals surface area (Å²) in [6.45, 7) is 6.35. The van der Waals surface area contributed by atoms with Crippen molar-refractivity contribution in [1.82, 2.24) is 19.9 Å². The molecule has 0 aliphatic carbocycles. The summed E-state index contributed by atoms with van der Waals surface area (Å²) >= 11 is 0. The quantitative estimate of drug-likeness (QED) is 0.828. The fourth-order valence-electron chi connectivity index (χ4n) is 1.73. The maximum Gasteiger partial charge on any atom is 0.160 e. The highest BCUT2D eigenvalue weighted by atomic mass is 15.3. The molecule has 80 valence electrons. The van der Waals surface area contributed by atoms with Crippen LogP contribution in [0.5, 0.6) is 0 Å².